The number of hydrogen-bond donors (Lipinski definition) is 1. The molecule has 0 spiro atoms. The summed E-state index contributed by atoms with van der Waals surface area (Å²) in [6.07, 6.45) is 2.37. The van der Waals surface area contributed by atoms with Gasteiger partial charge in [0, 0.05) is 6.04 Å². The van der Waals surface area contributed by atoms with Gasteiger partial charge in [-0.15, -0.1) is 4.98 Å². The molecule has 0 amide bonds. The fourth-order valence-corrected chi connectivity index (χ4v) is 2.32. The summed E-state index contributed by atoms with van der Waals surface area (Å²) in [6.45, 7) is 4.53. The maximum absolute atomic E-state index is 5.03. The Morgan fingerprint density at radius 2 is 1.61 bits per heavy atom. The second kappa shape index (κ2) is 5.37. The van der Waals surface area contributed by atoms with Crippen LogP contribution < -0.4 is 14.8 Å². The molecule has 1 N–H and O–H groups in total. The molecule has 100 valence electrons. The second-order valence-electron chi connectivity index (χ2n) is 4.80. The molecule has 6 heteroatoms. The van der Waals surface area contributed by atoms with Crippen molar-refractivity contribution in [3.8, 4) is 12.0 Å². The Morgan fingerprint density at radius 1 is 1.00 bits per heavy atom. The molecule has 0 aromatic carbocycles. The molecule has 1 aromatic rings. The summed E-state index contributed by atoms with van der Waals surface area (Å²) >= 11 is 0. The van der Waals surface area contributed by atoms with Crippen molar-refractivity contribution < 1.29 is 9.47 Å². The number of anilines is 1. The molecular weight excluding hydrogens is 232 g/mol. The molecule has 3 unspecified atom stereocenters. The van der Waals surface area contributed by atoms with Crippen LogP contribution >= 0.6 is 0 Å². The fraction of sp³-hybridized carbons (Fsp3) is 0.750. The summed E-state index contributed by atoms with van der Waals surface area (Å²) in [6, 6.07) is 0.933. The normalized spacial score (nSPS) is 27.0. The van der Waals surface area contributed by atoms with E-state index in [-0.39, 0.29) is 12.0 Å². The Kier molecular flexibility index (Phi) is 3.84. The molecule has 18 heavy (non-hydrogen) atoms. The van der Waals surface area contributed by atoms with Crippen molar-refractivity contribution in [1.29, 1.82) is 0 Å². The lowest BCUT2D eigenvalue weighted by molar-refractivity contribution is 0.340. The third kappa shape index (κ3) is 2.63. The first-order valence-corrected chi connectivity index (χ1v) is 6.24. The minimum absolute atomic E-state index is 0.267. The summed E-state index contributed by atoms with van der Waals surface area (Å²) in [4.78, 5) is 12.3. The first-order valence-electron chi connectivity index (χ1n) is 6.24. The van der Waals surface area contributed by atoms with Crippen molar-refractivity contribution in [3.05, 3.63) is 0 Å². The van der Waals surface area contributed by atoms with Gasteiger partial charge in [-0.2, -0.15) is 9.97 Å². The fourth-order valence-electron chi connectivity index (χ4n) is 2.32. The van der Waals surface area contributed by atoms with E-state index < -0.39 is 0 Å². The van der Waals surface area contributed by atoms with Crippen LogP contribution in [0.15, 0.2) is 0 Å². The van der Waals surface area contributed by atoms with E-state index in [1.54, 1.807) is 0 Å². The third-order valence-electron chi connectivity index (χ3n) is 3.74. The first-order chi connectivity index (χ1) is 8.63. The van der Waals surface area contributed by atoms with Gasteiger partial charge in [-0.05, 0) is 24.7 Å². The van der Waals surface area contributed by atoms with Crippen LogP contribution in [-0.2, 0) is 0 Å². The topological polar surface area (TPSA) is 69.2 Å². The average molecular weight is 252 g/mol. The lowest BCUT2D eigenvalue weighted by atomic mass is 9.98. The number of ether oxygens (including phenoxy) is 2. The Morgan fingerprint density at radius 3 is 2.06 bits per heavy atom. The van der Waals surface area contributed by atoms with Gasteiger partial charge in [0.25, 0.3) is 0 Å². The Bertz CT molecular complexity index is 391. The molecule has 1 heterocycles. The van der Waals surface area contributed by atoms with E-state index in [2.05, 4.69) is 34.1 Å². The zero-order valence-corrected chi connectivity index (χ0v) is 11.3. The number of nitrogens with one attached hydrogen (secondary N) is 1. The highest BCUT2D eigenvalue weighted by atomic mass is 16.5. The smallest absolute Gasteiger partial charge is 0.324 e. The molecule has 1 saturated carbocycles. The van der Waals surface area contributed by atoms with Crippen LogP contribution in [0.5, 0.6) is 12.0 Å². The van der Waals surface area contributed by atoms with Crippen LogP contribution in [0.1, 0.15) is 26.7 Å². The van der Waals surface area contributed by atoms with Crippen LogP contribution in [0.2, 0.25) is 0 Å². The summed E-state index contributed by atoms with van der Waals surface area (Å²) < 4.78 is 10.1. The van der Waals surface area contributed by atoms with E-state index in [0.717, 1.165) is 12.3 Å². The Balaban J connectivity index is 2.13. The summed E-state index contributed by atoms with van der Waals surface area (Å²) in [5, 5.41) is 3.35. The van der Waals surface area contributed by atoms with Gasteiger partial charge in [0.05, 0.1) is 14.2 Å². The van der Waals surface area contributed by atoms with E-state index in [1.807, 2.05) is 0 Å². The van der Waals surface area contributed by atoms with Crippen LogP contribution in [0.3, 0.4) is 0 Å². The average Bonchev–Trinajstić information content (AvgIpc) is 2.70. The molecular formula is C12H20N4O2. The molecule has 6 nitrogen and oxygen atoms in total. The summed E-state index contributed by atoms with van der Waals surface area (Å²) in [5.74, 6) is 1.86. The van der Waals surface area contributed by atoms with Gasteiger partial charge in [-0.25, -0.2) is 0 Å². The maximum atomic E-state index is 5.03. The molecule has 1 aliphatic carbocycles. The number of rotatable bonds is 4. The maximum Gasteiger partial charge on any atom is 0.324 e. The zero-order valence-electron chi connectivity index (χ0n) is 11.3. The van der Waals surface area contributed by atoms with Gasteiger partial charge in [0.15, 0.2) is 0 Å². The molecule has 0 radical (unpaired) electrons. The number of nitrogens with zero attached hydrogens (tertiary/aromatic N) is 3. The lowest BCUT2D eigenvalue weighted by Crippen LogP contribution is -2.25. The quantitative estimate of drug-likeness (QED) is 0.880. The predicted octanol–water partition coefficient (Wildman–Crippen LogP) is 1.74. The largest absolute Gasteiger partial charge is 0.467 e. The third-order valence-corrected chi connectivity index (χ3v) is 3.74. The SMILES string of the molecule is COc1nc(NC2CCC(C)C2C)nc(OC)n1. The van der Waals surface area contributed by atoms with Gasteiger partial charge >= 0.3 is 12.0 Å². The van der Waals surface area contributed by atoms with E-state index in [0.29, 0.717) is 17.9 Å². The standard InChI is InChI=1S/C12H20N4O2/c1-7-5-6-9(8(7)2)13-10-14-11(17-3)16-12(15-10)18-4/h7-9H,5-6H2,1-4H3,(H,13,14,15,16). The summed E-state index contributed by atoms with van der Waals surface area (Å²) in [5.41, 5.74) is 0. The van der Waals surface area contributed by atoms with Crippen molar-refractivity contribution >= 4 is 5.95 Å². The molecule has 1 fully saturated rings. The minimum Gasteiger partial charge on any atom is -0.467 e. The monoisotopic (exact) mass is 252 g/mol. The van der Waals surface area contributed by atoms with E-state index in [4.69, 9.17) is 9.47 Å². The van der Waals surface area contributed by atoms with E-state index in [1.165, 1.54) is 20.6 Å². The van der Waals surface area contributed by atoms with Gasteiger partial charge < -0.3 is 14.8 Å². The molecule has 0 bridgehead atoms. The first kappa shape index (κ1) is 12.9. The molecule has 3 atom stereocenters. The van der Waals surface area contributed by atoms with E-state index in [9.17, 15) is 0 Å². The van der Waals surface area contributed by atoms with Crippen molar-refractivity contribution in [2.75, 3.05) is 19.5 Å². The lowest BCUT2D eigenvalue weighted by Gasteiger charge is -2.19. The highest BCUT2D eigenvalue weighted by molar-refractivity contribution is 5.29. The Labute approximate surface area is 107 Å². The van der Waals surface area contributed by atoms with E-state index >= 15 is 0 Å². The van der Waals surface area contributed by atoms with Crippen LogP contribution in [0.4, 0.5) is 5.95 Å². The van der Waals surface area contributed by atoms with Crippen LogP contribution in [0.25, 0.3) is 0 Å². The van der Waals surface area contributed by atoms with Crippen molar-refractivity contribution in [1.82, 2.24) is 15.0 Å². The van der Waals surface area contributed by atoms with Crippen molar-refractivity contribution in [3.63, 3.8) is 0 Å². The zero-order chi connectivity index (χ0) is 13.1. The highest BCUT2D eigenvalue weighted by Crippen LogP contribution is 2.32. The van der Waals surface area contributed by atoms with Crippen LogP contribution in [-0.4, -0.2) is 35.2 Å². The van der Waals surface area contributed by atoms with Crippen molar-refractivity contribution in [2.45, 2.75) is 32.7 Å². The summed E-state index contributed by atoms with van der Waals surface area (Å²) in [7, 11) is 3.05. The van der Waals surface area contributed by atoms with Gasteiger partial charge in [-0.3, -0.25) is 0 Å². The number of methoxy groups -OCH3 is 2. The molecule has 0 aliphatic heterocycles. The molecule has 1 aliphatic rings. The van der Waals surface area contributed by atoms with Crippen molar-refractivity contribution in [2.24, 2.45) is 11.8 Å². The highest BCUT2D eigenvalue weighted by Gasteiger charge is 2.30. The minimum atomic E-state index is 0.267. The van der Waals surface area contributed by atoms with Crippen LogP contribution in [0, 0.1) is 11.8 Å². The molecule has 2 rings (SSSR count). The van der Waals surface area contributed by atoms with Gasteiger partial charge in [0.1, 0.15) is 0 Å². The predicted molar refractivity (Wildman–Crippen MR) is 67.9 cm³/mol. The van der Waals surface area contributed by atoms with Gasteiger partial charge in [0.2, 0.25) is 5.95 Å². The Hall–Kier alpha value is -1.59. The molecule has 1 aromatic heterocycles. The molecule has 0 saturated heterocycles. The second-order valence-corrected chi connectivity index (χ2v) is 4.80. The number of hydrogen-bond acceptors (Lipinski definition) is 6. The van der Waals surface area contributed by atoms with Gasteiger partial charge in [-0.1, -0.05) is 13.8 Å². The number of aromatic nitrogens is 3.